The van der Waals surface area contributed by atoms with Crippen molar-refractivity contribution in [2.45, 2.75) is 77.7 Å². The van der Waals surface area contributed by atoms with E-state index in [4.69, 9.17) is 21.1 Å². The molecule has 0 spiro atoms. The Morgan fingerprint density at radius 1 is 1.16 bits per heavy atom. The average Bonchev–Trinajstić information content (AvgIpc) is 2.71. The number of carbonyl (C=O) groups is 1. The molecule has 0 radical (unpaired) electrons. The fourth-order valence-corrected chi connectivity index (χ4v) is 7.42. The van der Waals surface area contributed by atoms with Gasteiger partial charge in [0.05, 0.1) is 12.7 Å². The van der Waals surface area contributed by atoms with Crippen LogP contribution in [0.4, 0.5) is 0 Å². The Morgan fingerprint density at radius 3 is 2.47 bits per heavy atom. The predicted molar refractivity (Wildman–Crippen MR) is 129 cm³/mol. The highest BCUT2D eigenvalue weighted by atomic mass is 35.5. The van der Waals surface area contributed by atoms with Crippen molar-refractivity contribution in [1.29, 1.82) is 0 Å². The SMILES string of the molecule is CC(=O)OCC1C(C)(Cl)CCC2C(C)(C)C(C(OCCCO)c3ccccc3)CCC12C. The molecule has 32 heavy (non-hydrogen) atoms. The van der Waals surface area contributed by atoms with Crippen LogP contribution in [0, 0.1) is 28.6 Å². The monoisotopic (exact) mass is 464 g/mol. The average molecular weight is 465 g/mol. The van der Waals surface area contributed by atoms with Crippen molar-refractivity contribution >= 4 is 17.6 Å². The summed E-state index contributed by atoms with van der Waals surface area (Å²) in [7, 11) is 0. The second-order valence-corrected chi connectivity index (χ2v) is 11.8. The van der Waals surface area contributed by atoms with Crippen molar-refractivity contribution in [2.75, 3.05) is 19.8 Å². The van der Waals surface area contributed by atoms with Crippen LogP contribution in [0.25, 0.3) is 0 Å². The quantitative estimate of drug-likeness (QED) is 0.284. The number of halogens is 1. The van der Waals surface area contributed by atoms with Crippen LogP contribution < -0.4 is 0 Å². The smallest absolute Gasteiger partial charge is 0.302 e. The number of aliphatic hydroxyl groups is 1. The van der Waals surface area contributed by atoms with Gasteiger partial charge < -0.3 is 14.6 Å². The molecule has 4 nitrogen and oxygen atoms in total. The summed E-state index contributed by atoms with van der Waals surface area (Å²) in [4.78, 5) is 11.2. The lowest BCUT2D eigenvalue weighted by Crippen LogP contribution is -2.59. The van der Waals surface area contributed by atoms with E-state index in [0.717, 1.165) is 25.7 Å². The zero-order valence-corrected chi connectivity index (χ0v) is 21.2. The van der Waals surface area contributed by atoms with Gasteiger partial charge in [0, 0.05) is 30.9 Å². The molecular formula is C27H41ClO4. The number of ether oxygens (including phenoxy) is 2. The molecule has 2 aliphatic carbocycles. The van der Waals surface area contributed by atoms with Gasteiger partial charge in [0.15, 0.2) is 0 Å². The van der Waals surface area contributed by atoms with E-state index in [2.05, 4.69) is 52.0 Å². The lowest BCUT2D eigenvalue weighted by atomic mass is 9.43. The van der Waals surface area contributed by atoms with E-state index in [9.17, 15) is 9.90 Å². The highest BCUT2D eigenvalue weighted by Gasteiger charge is 2.61. The number of hydrogen-bond donors (Lipinski definition) is 1. The lowest BCUT2D eigenvalue weighted by molar-refractivity contribution is -0.169. The Hall–Kier alpha value is -1.10. The highest BCUT2D eigenvalue weighted by molar-refractivity contribution is 6.24. The first-order valence-electron chi connectivity index (χ1n) is 12.1. The maximum atomic E-state index is 11.6. The number of rotatable bonds is 8. The van der Waals surface area contributed by atoms with Crippen LogP contribution in [0.5, 0.6) is 0 Å². The molecule has 3 rings (SSSR count). The van der Waals surface area contributed by atoms with Crippen molar-refractivity contribution in [3.8, 4) is 0 Å². The number of hydrogen-bond acceptors (Lipinski definition) is 4. The Labute approximate surface area is 199 Å². The first kappa shape index (κ1) is 25.5. The van der Waals surface area contributed by atoms with Gasteiger partial charge in [-0.25, -0.2) is 0 Å². The third-order valence-corrected chi connectivity index (χ3v) is 9.09. The summed E-state index contributed by atoms with van der Waals surface area (Å²) in [6.07, 6.45) is 4.69. The Morgan fingerprint density at radius 2 is 1.84 bits per heavy atom. The maximum Gasteiger partial charge on any atom is 0.302 e. The predicted octanol–water partition coefficient (Wildman–Crippen LogP) is 6.16. The number of aliphatic hydroxyl groups excluding tert-OH is 1. The van der Waals surface area contributed by atoms with Crippen molar-refractivity contribution < 1.29 is 19.4 Å². The molecule has 1 N–H and O–H groups in total. The molecule has 5 heteroatoms. The van der Waals surface area contributed by atoms with E-state index < -0.39 is 0 Å². The van der Waals surface area contributed by atoms with E-state index in [0.29, 0.717) is 31.5 Å². The van der Waals surface area contributed by atoms with Crippen LogP contribution in [0.3, 0.4) is 0 Å². The minimum Gasteiger partial charge on any atom is -0.465 e. The third kappa shape index (κ3) is 5.03. The molecule has 0 saturated heterocycles. The van der Waals surface area contributed by atoms with Crippen molar-refractivity contribution in [1.82, 2.24) is 0 Å². The van der Waals surface area contributed by atoms with Gasteiger partial charge in [0.2, 0.25) is 0 Å². The molecule has 6 atom stereocenters. The zero-order chi connectivity index (χ0) is 23.6. The van der Waals surface area contributed by atoms with Crippen LogP contribution in [0.15, 0.2) is 30.3 Å². The van der Waals surface area contributed by atoms with Gasteiger partial charge in [0.25, 0.3) is 0 Å². The van der Waals surface area contributed by atoms with Gasteiger partial charge in [-0.3, -0.25) is 4.79 Å². The number of fused-ring (bicyclic) bond motifs is 1. The molecule has 2 fully saturated rings. The maximum absolute atomic E-state index is 11.6. The van der Waals surface area contributed by atoms with Gasteiger partial charge in [-0.2, -0.15) is 0 Å². The molecule has 180 valence electrons. The summed E-state index contributed by atoms with van der Waals surface area (Å²) in [6, 6.07) is 10.5. The van der Waals surface area contributed by atoms with E-state index >= 15 is 0 Å². The van der Waals surface area contributed by atoms with Gasteiger partial charge in [-0.05, 0) is 67.3 Å². The number of alkyl halides is 1. The summed E-state index contributed by atoms with van der Waals surface area (Å²) >= 11 is 7.06. The lowest BCUT2D eigenvalue weighted by Gasteiger charge is -2.63. The second-order valence-electron chi connectivity index (χ2n) is 11.0. The van der Waals surface area contributed by atoms with E-state index in [1.807, 2.05) is 6.07 Å². The molecule has 2 saturated carbocycles. The summed E-state index contributed by atoms with van der Waals surface area (Å²) in [5.41, 5.74) is 1.23. The van der Waals surface area contributed by atoms with Crippen LogP contribution >= 0.6 is 11.6 Å². The van der Waals surface area contributed by atoms with E-state index in [-0.39, 0.29) is 40.3 Å². The number of benzene rings is 1. The van der Waals surface area contributed by atoms with Crippen LogP contribution in [0.1, 0.15) is 78.4 Å². The molecule has 0 amide bonds. The number of carbonyl (C=O) groups excluding carboxylic acids is 1. The van der Waals surface area contributed by atoms with Crippen LogP contribution in [-0.2, 0) is 14.3 Å². The summed E-state index contributed by atoms with van der Waals surface area (Å²) in [6.45, 7) is 11.8. The Kier molecular flexibility index (Phi) is 8.00. The van der Waals surface area contributed by atoms with Crippen molar-refractivity contribution in [3.05, 3.63) is 35.9 Å². The molecular weight excluding hydrogens is 424 g/mol. The van der Waals surface area contributed by atoms with Crippen molar-refractivity contribution in [2.24, 2.45) is 28.6 Å². The molecule has 6 unspecified atom stereocenters. The Balaban J connectivity index is 1.92. The Bertz CT molecular complexity index is 762. The molecule has 0 heterocycles. The highest BCUT2D eigenvalue weighted by Crippen LogP contribution is 2.66. The molecule has 2 aliphatic rings. The minimum atomic E-state index is -0.375. The summed E-state index contributed by atoms with van der Waals surface area (Å²) in [5, 5.41) is 9.29. The van der Waals surface area contributed by atoms with Gasteiger partial charge in [-0.1, -0.05) is 51.1 Å². The van der Waals surface area contributed by atoms with Gasteiger partial charge >= 0.3 is 5.97 Å². The first-order valence-corrected chi connectivity index (χ1v) is 12.5. The molecule has 0 aliphatic heterocycles. The third-order valence-electron chi connectivity index (χ3n) is 8.63. The molecule has 1 aromatic carbocycles. The van der Waals surface area contributed by atoms with Crippen LogP contribution in [0.2, 0.25) is 0 Å². The normalized spacial score (nSPS) is 35.0. The van der Waals surface area contributed by atoms with E-state index in [1.165, 1.54) is 12.5 Å². The summed E-state index contributed by atoms with van der Waals surface area (Å²) in [5.74, 6) is 0.687. The van der Waals surface area contributed by atoms with Gasteiger partial charge in [-0.15, -0.1) is 11.6 Å². The topological polar surface area (TPSA) is 55.8 Å². The fraction of sp³-hybridized carbons (Fsp3) is 0.741. The largest absolute Gasteiger partial charge is 0.465 e. The standard InChI is InChI=1S/C27H41ClO4/c1-19(30)32-18-23-26(4)14-12-21(25(2,3)22(26)13-15-27(23,5)28)24(31-17-9-16-29)20-10-7-6-8-11-20/h6-8,10-11,21-24,29H,9,12-18H2,1-5H3. The number of esters is 1. The first-order chi connectivity index (χ1) is 15.0. The second kappa shape index (κ2) is 10.0. The molecule has 0 bridgehead atoms. The zero-order valence-electron chi connectivity index (χ0n) is 20.4. The van der Waals surface area contributed by atoms with Crippen molar-refractivity contribution in [3.63, 3.8) is 0 Å². The molecule has 1 aromatic rings. The van der Waals surface area contributed by atoms with Gasteiger partial charge in [0.1, 0.15) is 0 Å². The molecule has 0 aromatic heterocycles. The summed E-state index contributed by atoms with van der Waals surface area (Å²) < 4.78 is 12.0. The fourth-order valence-electron chi connectivity index (χ4n) is 7.00. The van der Waals surface area contributed by atoms with Crippen LogP contribution in [-0.4, -0.2) is 35.8 Å². The van der Waals surface area contributed by atoms with E-state index in [1.54, 1.807) is 0 Å². The minimum absolute atomic E-state index is 0.00136.